The molecule has 26 heavy (non-hydrogen) atoms. The van der Waals surface area contributed by atoms with Crippen LogP contribution in [-0.4, -0.2) is 32.3 Å². The lowest BCUT2D eigenvalue weighted by atomic mass is 10.1. The van der Waals surface area contributed by atoms with E-state index >= 15 is 0 Å². The van der Waals surface area contributed by atoms with Gasteiger partial charge < -0.3 is 19.1 Å². The molecule has 1 aromatic carbocycles. The number of aryl methyl sites for hydroxylation is 1. The number of imidazole rings is 1. The van der Waals surface area contributed by atoms with Gasteiger partial charge in [0, 0.05) is 31.5 Å². The Morgan fingerprint density at radius 1 is 1.38 bits per heavy atom. The molecular formula is C16H15N5O5. The Kier molecular flexibility index (Phi) is 5.22. The molecule has 2 aromatic heterocycles. The molecule has 0 saturated carbocycles. The second-order valence-corrected chi connectivity index (χ2v) is 5.27. The number of nitro benzene ring substituents is 1. The molecular weight excluding hydrogens is 342 g/mol. The van der Waals surface area contributed by atoms with Gasteiger partial charge >= 0.3 is 6.09 Å². The van der Waals surface area contributed by atoms with Gasteiger partial charge in [-0.25, -0.2) is 9.78 Å². The topological polar surface area (TPSA) is 125 Å². The van der Waals surface area contributed by atoms with E-state index in [2.05, 4.69) is 15.5 Å². The highest BCUT2D eigenvalue weighted by molar-refractivity contribution is 5.72. The van der Waals surface area contributed by atoms with Crippen molar-refractivity contribution in [3.05, 3.63) is 59.2 Å². The number of nitrogens with one attached hydrogen (secondary N) is 1. The number of nitrogens with zero attached hydrogens (tertiary/aromatic N) is 4. The van der Waals surface area contributed by atoms with Crippen LogP contribution >= 0.6 is 0 Å². The predicted octanol–water partition coefficient (Wildman–Crippen LogP) is 2.63. The molecule has 0 aliphatic rings. The Bertz CT molecular complexity index is 890. The molecule has 3 rings (SSSR count). The number of carbonyl (C=O) groups excluding carboxylic acids is 1. The molecule has 134 valence electrons. The summed E-state index contributed by atoms with van der Waals surface area (Å²) in [5.74, 6) is 0.0606. The molecule has 0 saturated heterocycles. The number of carbonyl (C=O) groups is 1. The van der Waals surface area contributed by atoms with Crippen molar-refractivity contribution in [2.75, 3.05) is 6.54 Å². The van der Waals surface area contributed by atoms with Gasteiger partial charge in [0.15, 0.2) is 5.76 Å². The molecule has 2 heterocycles. The number of hydrogen-bond acceptors (Lipinski definition) is 7. The van der Waals surface area contributed by atoms with E-state index in [1.54, 1.807) is 24.7 Å². The molecule has 0 aliphatic heterocycles. The van der Waals surface area contributed by atoms with Crippen LogP contribution in [0.4, 0.5) is 10.5 Å². The van der Waals surface area contributed by atoms with Gasteiger partial charge in [-0.15, -0.1) is 0 Å². The summed E-state index contributed by atoms with van der Waals surface area (Å²) in [6.45, 7) is 1.12. The van der Waals surface area contributed by atoms with Crippen molar-refractivity contribution >= 4 is 11.8 Å². The lowest BCUT2D eigenvalue weighted by Gasteiger charge is -2.04. The third kappa shape index (κ3) is 4.23. The number of hydrogen-bond donors (Lipinski definition) is 1. The van der Waals surface area contributed by atoms with Gasteiger partial charge in [-0.05, 0) is 17.6 Å². The molecule has 0 bridgehead atoms. The van der Waals surface area contributed by atoms with Crippen LogP contribution in [0.5, 0.6) is 5.88 Å². The van der Waals surface area contributed by atoms with Crippen molar-refractivity contribution in [1.29, 1.82) is 0 Å². The van der Waals surface area contributed by atoms with Crippen molar-refractivity contribution in [3.63, 3.8) is 0 Å². The molecule has 3 aromatic rings. The molecule has 0 aliphatic carbocycles. The van der Waals surface area contributed by atoms with Gasteiger partial charge in [-0.2, -0.15) is 0 Å². The monoisotopic (exact) mass is 357 g/mol. The predicted molar refractivity (Wildman–Crippen MR) is 89.5 cm³/mol. The highest BCUT2D eigenvalue weighted by Crippen LogP contribution is 2.31. The number of para-hydroxylation sites is 1. The fraction of sp³-hybridized carbons (Fsp3) is 0.188. The van der Waals surface area contributed by atoms with Crippen LogP contribution in [0.15, 0.2) is 53.6 Å². The summed E-state index contributed by atoms with van der Waals surface area (Å²) in [7, 11) is 0. The minimum absolute atomic E-state index is 0.0785. The van der Waals surface area contributed by atoms with Gasteiger partial charge in [-0.1, -0.05) is 12.1 Å². The zero-order valence-electron chi connectivity index (χ0n) is 13.6. The van der Waals surface area contributed by atoms with Gasteiger partial charge in [0.05, 0.1) is 22.9 Å². The van der Waals surface area contributed by atoms with Crippen molar-refractivity contribution in [1.82, 2.24) is 20.0 Å². The Labute approximate surface area is 147 Å². The molecule has 0 atom stereocenters. The summed E-state index contributed by atoms with van der Waals surface area (Å²) < 4.78 is 12.0. The van der Waals surface area contributed by atoms with Gasteiger partial charge in [0.1, 0.15) is 0 Å². The number of rotatable bonds is 7. The lowest BCUT2D eigenvalue weighted by Crippen LogP contribution is -2.28. The first-order valence-electron chi connectivity index (χ1n) is 7.75. The minimum atomic E-state index is -0.682. The minimum Gasteiger partial charge on any atom is -0.388 e. The Morgan fingerprint density at radius 2 is 2.23 bits per heavy atom. The summed E-state index contributed by atoms with van der Waals surface area (Å²) in [6, 6.07) is 7.39. The Balaban J connectivity index is 1.53. The van der Waals surface area contributed by atoms with E-state index in [1.807, 2.05) is 10.8 Å². The molecule has 0 spiro atoms. The van der Waals surface area contributed by atoms with Crippen molar-refractivity contribution < 1.29 is 19.0 Å². The summed E-state index contributed by atoms with van der Waals surface area (Å²) in [4.78, 5) is 26.2. The molecule has 10 nitrogen and oxygen atoms in total. The van der Waals surface area contributed by atoms with Crippen LogP contribution in [0.25, 0.3) is 11.3 Å². The number of nitro groups is 1. The molecule has 10 heteroatoms. The standard InChI is InChI=1S/C16H15N5O5/c22-16(18-6-3-8-20-9-7-17-11-20)25-15-10-14(26-19-15)12-4-1-2-5-13(12)21(23)24/h1-2,4-5,7,9-11H,3,6,8H2,(H,18,22). The van der Waals surface area contributed by atoms with Crippen LogP contribution in [0, 0.1) is 10.1 Å². The fourth-order valence-electron chi connectivity index (χ4n) is 2.28. The summed E-state index contributed by atoms with van der Waals surface area (Å²) >= 11 is 0. The third-order valence-electron chi connectivity index (χ3n) is 3.47. The van der Waals surface area contributed by atoms with Crippen molar-refractivity contribution in [2.24, 2.45) is 0 Å². The van der Waals surface area contributed by atoms with E-state index in [4.69, 9.17) is 9.26 Å². The maximum absolute atomic E-state index is 11.8. The maximum atomic E-state index is 11.8. The first kappa shape index (κ1) is 17.1. The molecule has 0 unspecified atom stereocenters. The van der Waals surface area contributed by atoms with E-state index in [0.29, 0.717) is 19.5 Å². The fourth-order valence-corrected chi connectivity index (χ4v) is 2.28. The summed E-state index contributed by atoms with van der Waals surface area (Å²) in [5.41, 5.74) is 0.125. The zero-order valence-corrected chi connectivity index (χ0v) is 13.6. The number of aromatic nitrogens is 3. The number of amides is 1. The first-order chi connectivity index (χ1) is 12.6. The molecule has 1 N–H and O–H groups in total. The lowest BCUT2D eigenvalue weighted by molar-refractivity contribution is -0.384. The van der Waals surface area contributed by atoms with E-state index in [0.717, 1.165) is 0 Å². The van der Waals surface area contributed by atoms with E-state index < -0.39 is 11.0 Å². The zero-order chi connectivity index (χ0) is 18.4. The first-order valence-corrected chi connectivity index (χ1v) is 7.75. The van der Waals surface area contributed by atoms with Crippen molar-refractivity contribution in [2.45, 2.75) is 13.0 Å². The SMILES string of the molecule is O=C(NCCCn1ccnc1)Oc1cc(-c2ccccc2[N+](=O)[O-])on1. The second-order valence-electron chi connectivity index (χ2n) is 5.27. The van der Waals surface area contributed by atoms with Crippen LogP contribution in [0.3, 0.4) is 0 Å². The van der Waals surface area contributed by atoms with Crippen LogP contribution in [-0.2, 0) is 6.54 Å². The van der Waals surface area contributed by atoms with Crippen LogP contribution in [0.2, 0.25) is 0 Å². The van der Waals surface area contributed by atoms with E-state index in [-0.39, 0.29) is 22.9 Å². The average molecular weight is 357 g/mol. The Morgan fingerprint density at radius 3 is 3.00 bits per heavy atom. The number of ether oxygens (including phenoxy) is 1. The second kappa shape index (κ2) is 7.92. The van der Waals surface area contributed by atoms with Gasteiger partial charge in [0.2, 0.25) is 0 Å². The molecule has 1 amide bonds. The smallest absolute Gasteiger partial charge is 0.388 e. The van der Waals surface area contributed by atoms with Gasteiger partial charge in [-0.3, -0.25) is 10.1 Å². The van der Waals surface area contributed by atoms with E-state index in [1.165, 1.54) is 18.2 Å². The quantitative estimate of drug-likeness (QED) is 0.391. The average Bonchev–Trinajstić information content (AvgIpc) is 3.30. The normalized spacial score (nSPS) is 10.5. The highest BCUT2D eigenvalue weighted by Gasteiger charge is 2.19. The Hall–Kier alpha value is -3.69. The van der Waals surface area contributed by atoms with Gasteiger partial charge in [0.25, 0.3) is 11.6 Å². The largest absolute Gasteiger partial charge is 0.414 e. The van der Waals surface area contributed by atoms with E-state index in [9.17, 15) is 14.9 Å². The van der Waals surface area contributed by atoms with Crippen LogP contribution in [0.1, 0.15) is 6.42 Å². The maximum Gasteiger partial charge on any atom is 0.414 e. The third-order valence-corrected chi connectivity index (χ3v) is 3.47. The summed E-state index contributed by atoms with van der Waals surface area (Å²) in [6.07, 6.45) is 5.22. The molecule has 0 radical (unpaired) electrons. The molecule has 0 fully saturated rings. The summed E-state index contributed by atoms with van der Waals surface area (Å²) in [5, 5.41) is 17.3. The highest BCUT2D eigenvalue weighted by atomic mass is 16.6. The number of benzene rings is 1. The van der Waals surface area contributed by atoms with Crippen LogP contribution < -0.4 is 10.1 Å². The van der Waals surface area contributed by atoms with Crippen molar-refractivity contribution in [3.8, 4) is 17.2 Å².